The number of hydrogen-bond acceptors (Lipinski definition) is 6. The van der Waals surface area contributed by atoms with Gasteiger partial charge in [-0.25, -0.2) is 4.79 Å². The van der Waals surface area contributed by atoms with Crippen molar-refractivity contribution in [3.8, 4) is 0 Å². The molecule has 4 rings (SSSR count). The number of anilines is 1. The maximum Gasteiger partial charge on any atom is 0.333 e. The number of fused-ring (bicyclic) bond motifs is 1. The first-order valence-corrected chi connectivity index (χ1v) is 12.6. The van der Waals surface area contributed by atoms with Gasteiger partial charge in [-0.3, -0.25) is 14.5 Å². The highest BCUT2D eigenvalue weighted by Gasteiger charge is 2.46. The van der Waals surface area contributed by atoms with Crippen LogP contribution < -0.4 is 4.90 Å². The first-order chi connectivity index (χ1) is 16.5. The van der Waals surface area contributed by atoms with E-state index in [1.54, 1.807) is 29.2 Å². The van der Waals surface area contributed by atoms with Crippen molar-refractivity contribution in [2.45, 2.75) is 38.6 Å². The van der Waals surface area contributed by atoms with Gasteiger partial charge in [-0.15, -0.1) is 0 Å². The molecule has 176 valence electrons. The highest BCUT2D eigenvalue weighted by molar-refractivity contribution is 8.26. The quantitative estimate of drug-likeness (QED) is 0.220. The molecule has 0 saturated carbocycles. The number of ether oxygens (including phenoxy) is 1. The van der Waals surface area contributed by atoms with Crippen molar-refractivity contribution in [3.05, 3.63) is 70.6 Å². The summed E-state index contributed by atoms with van der Waals surface area (Å²) >= 11 is 6.60. The third kappa shape index (κ3) is 4.40. The van der Waals surface area contributed by atoms with Gasteiger partial charge in [0.15, 0.2) is 6.04 Å². The molecule has 2 aliphatic rings. The van der Waals surface area contributed by atoms with E-state index < -0.39 is 17.9 Å². The van der Waals surface area contributed by atoms with Crippen molar-refractivity contribution in [1.82, 2.24) is 4.90 Å². The summed E-state index contributed by atoms with van der Waals surface area (Å²) in [4.78, 5) is 43.2. The molecule has 1 saturated heterocycles. The fourth-order valence-corrected chi connectivity index (χ4v) is 5.69. The second-order valence-electron chi connectivity index (χ2n) is 8.12. The van der Waals surface area contributed by atoms with E-state index in [1.165, 1.54) is 12.0 Å². The van der Waals surface area contributed by atoms with E-state index in [0.29, 0.717) is 17.7 Å². The molecule has 34 heavy (non-hydrogen) atoms. The number of para-hydroxylation sites is 1. The van der Waals surface area contributed by atoms with Crippen molar-refractivity contribution in [2.24, 2.45) is 0 Å². The zero-order valence-corrected chi connectivity index (χ0v) is 20.8. The Morgan fingerprint density at radius 1 is 1.00 bits per heavy atom. The molecule has 0 spiro atoms. The molecule has 0 N–H and O–H groups in total. The first kappa shape index (κ1) is 24.2. The van der Waals surface area contributed by atoms with Crippen LogP contribution in [0.3, 0.4) is 0 Å². The number of hydrogen-bond donors (Lipinski definition) is 0. The van der Waals surface area contributed by atoms with E-state index in [2.05, 4.69) is 6.92 Å². The van der Waals surface area contributed by atoms with Gasteiger partial charge in [0, 0.05) is 12.1 Å². The lowest BCUT2D eigenvalue weighted by atomic mass is 10.0. The Morgan fingerprint density at radius 3 is 2.41 bits per heavy atom. The first-order valence-electron chi connectivity index (χ1n) is 11.3. The average molecular weight is 495 g/mol. The molecule has 2 aromatic rings. The molecule has 2 amide bonds. The summed E-state index contributed by atoms with van der Waals surface area (Å²) in [6.45, 7) is 2.74. The van der Waals surface area contributed by atoms with Gasteiger partial charge in [-0.2, -0.15) is 0 Å². The highest BCUT2D eigenvalue weighted by atomic mass is 32.2. The summed E-state index contributed by atoms with van der Waals surface area (Å²) in [7, 11) is 1.28. The number of unbranched alkanes of at least 4 members (excludes halogenated alkanes) is 3. The summed E-state index contributed by atoms with van der Waals surface area (Å²) in [5, 5.41) is 0. The van der Waals surface area contributed by atoms with Crippen molar-refractivity contribution >= 4 is 57.3 Å². The Hall–Kier alpha value is -2.97. The molecule has 0 bridgehead atoms. The van der Waals surface area contributed by atoms with E-state index in [-0.39, 0.29) is 15.1 Å². The van der Waals surface area contributed by atoms with Gasteiger partial charge in [0.2, 0.25) is 0 Å². The standard InChI is InChI=1S/C26H26N2O4S2/c1-3-4-5-11-16-27-19-15-10-9-14-18(19)20(23(27)29)22-24(30)28(26(33)34-22)21(25(31)32-2)17-12-7-6-8-13-17/h6-10,12-15,21H,3-5,11,16H2,1-2H3/b22-20-. The summed E-state index contributed by atoms with van der Waals surface area (Å²) in [6.07, 6.45) is 4.16. The maximum atomic E-state index is 13.7. The van der Waals surface area contributed by atoms with Crippen LogP contribution in [0.4, 0.5) is 5.69 Å². The van der Waals surface area contributed by atoms with Gasteiger partial charge < -0.3 is 9.64 Å². The lowest BCUT2D eigenvalue weighted by Gasteiger charge is -2.24. The third-order valence-corrected chi connectivity index (χ3v) is 7.38. The van der Waals surface area contributed by atoms with Crippen LogP contribution in [0.15, 0.2) is 59.5 Å². The fourth-order valence-electron chi connectivity index (χ4n) is 4.31. The highest BCUT2D eigenvalue weighted by Crippen LogP contribution is 2.46. The molecule has 0 radical (unpaired) electrons. The van der Waals surface area contributed by atoms with E-state index in [0.717, 1.165) is 48.7 Å². The van der Waals surface area contributed by atoms with Crippen molar-refractivity contribution < 1.29 is 19.1 Å². The third-order valence-electron chi connectivity index (χ3n) is 5.98. The molecular formula is C26H26N2O4S2. The second kappa shape index (κ2) is 10.5. The molecule has 1 atom stereocenters. The number of thiocarbonyl (C=S) groups is 1. The van der Waals surface area contributed by atoms with E-state index in [4.69, 9.17) is 17.0 Å². The minimum absolute atomic E-state index is 0.201. The second-order valence-corrected chi connectivity index (χ2v) is 9.76. The van der Waals surface area contributed by atoms with Gasteiger partial charge in [0.25, 0.3) is 11.8 Å². The summed E-state index contributed by atoms with van der Waals surface area (Å²) in [5.41, 5.74) is 2.46. The normalized spacial score (nSPS) is 18.5. The Bertz CT molecular complexity index is 1160. The Labute approximate surface area is 208 Å². The lowest BCUT2D eigenvalue weighted by Crippen LogP contribution is -2.38. The van der Waals surface area contributed by atoms with Crippen molar-refractivity contribution in [2.75, 3.05) is 18.6 Å². The number of esters is 1. The topological polar surface area (TPSA) is 66.9 Å². The molecule has 8 heteroatoms. The SMILES string of the molecule is CCCCCCN1C(=O)/C(=C2\SC(=S)N(C(C(=O)OC)c3ccccc3)C2=O)c2ccccc21. The van der Waals surface area contributed by atoms with Crippen molar-refractivity contribution in [3.63, 3.8) is 0 Å². The molecule has 0 aromatic heterocycles. The number of methoxy groups -OCH3 is 1. The summed E-state index contributed by atoms with van der Waals surface area (Å²) in [6, 6.07) is 15.4. The molecule has 6 nitrogen and oxygen atoms in total. The zero-order chi connectivity index (χ0) is 24.2. The lowest BCUT2D eigenvalue weighted by molar-refractivity contribution is -0.148. The van der Waals surface area contributed by atoms with Crippen LogP contribution in [0.25, 0.3) is 5.57 Å². The number of rotatable bonds is 8. The molecule has 1 fully saturated rings. The van der Waals surface area contributed by atoms with Gasteiger partial charge in [0.05, 0.1) is 23.3 Å². The van der Waals surface area contributed by atoms with Gasteiger partial charge >= 0.3 is 5.97 Å². The van der Waals surface area contributed by atoms with Crippen LogP contribution in [0.2, 0.25) is 0 Å². The minimum Gasteiger partial charge on any atom is -0.467 e. The van der Waals surface area contributed by atoms with Crippen LogP contribution in [0.5, 0.6) is 0 Å². The molecule has 0 aliphatic carbocycles. The minimum atomic E-state index is -1.02. The monoisotopic (exact) mass is 494 g/mol. The predicted octanol–water partition coefficient (Wildman–Crippen LogP) is 5.10. The largest absolute Gasteiger partial charge is 0.467 e. The van der Waals surface area contributed by atoms with Crippen LogP contribution in [0, 0.1) is 0 Å². The molecule has 2 aromatic carbocycles. The number of carbonyl (C=O) groups excluding carboxylic acids is 3. The molecule has 1 unspecified atom stereocenters. The van der Waals surface area contributed by atoms with Gasteiger partial charge in [-0.05, 0) is 18.1 Å². The smallest absolute Gasteiger partial charge is 0.333 e. The maximum absolute atomic E-state index is 13.7. The van der Waals surface area contributed by atoms with Gasteiger partial charge in [-0.1, -0.05) is 98.7 Å². The Balaban J connectivity index is 1.73. The van der Waals surface area contributed by atoms with Crippen LogP contribution in [0.1, 0.15) is 49.8 Å². The van der Waals surface area contributed by atoms with E-state index in [1.807, 2.05) is 30.3 Å². The number of amides is 2. The summed E-state index contributed by atoms with van der Waals surface area (Å²) < 4.78 is 5.22. The van der Waals surface area contributed by atoms with E-state index in [9.17, 15) is 14.4 Å². The number of thioether (sulfide) groups is 1. The summed E-state index contributed by atoms with van der Waals surface area (Å²) in [5.74, 6) is -1.25. The van der Waals surface area contributed by atoms with E-state index >= 15 is 0 Å². The molecule has 2 heterocycles. The molecular weight excluding hydrogens is 468 g/mol. The van der Waals surface area contributed by atoms with Crippen LogP contribution in [-0.2, 0) is 19.1 Å². The van der Waals surface area contributed by atoms with Crippen LogP contribution >= 0.6 is 24.0 Å². The average Bonchev–Trinajstić information content (AvgIpc) is 3.29. The predicted molar refractivity (Wildman–Crippen MR) is 138 cm³/mol. The number of nitrogens with zero attached hydrogens (tertiary/aromatic N) is 2. The Kier molecular flexibility index (Phi) is 7.48. The Morgan fingerprint density at radius 2 is 1.71 bits per heavy atom. The number of benzene rings is 2. The molecule has 2 aliphatic heterocycles. The van der Waals surface area contributed by atoms with Gasteiger partial charge in [0.1, 0.15) is 4.32 Å². The zero-order valence-electron chi connectivity index (χ0n) is 19.2. The van der Waals surface area contributed by atoms with Crippen molar-refractivity contribution in [1.29, 1.82) is 0 Å². The fraction of sp³-hybridized carbons (Fsp3) is 0.308. The number of carbonyl (C=O) groups is 3. The van der Waals surface area contributed by atoms with Crippen LogP contribution in [-0.4, -0.2) is 40.7 Å².